The molecule has 0 radical (unpaired) electrons. The number of hydrogen-bond acceptors (Lipinski definition) is 4. The van der Waals surface area contributed by atoms with Crippen LogP contribution < -0.4 is 0 Å². The molecule has 5 rings (SSSR count). The summed E-state index contributed by atoms with van der Waals surface area (Å²) in [6, 6.07) is 11.0. The van der Waals surface area contributed by atoms with Gasteiger partial charge in [-0.1, -0.05) is 39.8 Å². The summed E-state index contributed by atoms with van der Waals surface area (Å²) >= 11 is 0. The van der Waals surface area contributed by atoms with Crippen molar-refractivity contribution in [1.29, 1.82) is 0 Å². The van der Waals surface area contributed by atoms with E-state index < -0.39 is 28.1 Å². The van der Waals surface area contributed by atoms with Crippen molar-refractivity contribution in [3.63, 3.8) is 0 Å². The van der Waals surface area contributed by atoms with Gasteiger partial charge in [-0.3, -0.25) is 0 Å². The summed E-state index contributed by atoms with van der Waals surface area (Å²) in [7, 11) is 0. The largest absolute Gasteiger partial charge is 0.435 e. The second-order valence-electron chi connectivity index (χ2n) is 11.0. The minimum atomic E-state index is -4.63. The number of pyridine rings is 2. The van der Waals surface area contributed by atoms with Gasteiger partial charge in [-0.15, -0.1) is 0 Å². The number of aromatic nitrogens is 6. The van der Waals surface area contributed by atoms with Gasteiger partial charge in [-0.25, -0.2) is 19.3 Å². The minimum Gasteiger partial charge on any atom is -0.233 e. The first kappa shape index (κ1) is 24.2. The molecule has 0 fully saturated rings. The van der Waals surface area contributed by atoms with Crippen LogP contribution in [-0.2, 0) is 22.4 Å². The maximum atomic E-state index is 14.3. The van der Waals surface area contributed by atoms with Crippen LogP contribution in [0.15, 0.2) is 48.8 Å². The summed E-state index contributed by atoms with van der Waals surface area (Å²) < 4.78 is 45.9. The van der Waals surface area contributed by atoms with Crippen molar-refractivity contribution in [3.05, 3.63) is 82.7 Å². The Labute approximate surface area is 208 Å². The Kier molecular flexibility index (Phi) is 5.05. The van der Waals surface area contributed by atoms with E-state index in [0.29, 0.717) is 17.3 Å². The highest BCUT2D eigenvalue weighted by molar-refractivity contribution is 5.43. The highest BCUT2D eigenvalue weighted by atomic mass is 19.4. The zero-order valence-electron chi connectivity index (χ0n) is 21.4. The fourth-order valence-electron chi connectivity index (χ4n) is 4.95. The van der Waals surface area contributed by atoms with Crippen LogP contribution in [0.4, 0.5) is 13.2 Å². The molecule has 36 heavy (non-hydrogen) atoms. The summed E-state index contributed by atoms with van der Waals surface area (Å²) in [6.45, 7) is 13.4. The Hall–Kier alpha value is -3.49. The van der Waals surface area contributed by atoms with Crippen LogP contribution in [0.3, 0.4) is 0 Å². The molecule has 4 aromatic rings. The Bertz CT molecular complexity index is 1470. The van der Waals surface area contributed by atoms with Crippen molar-refractivity contribution < 1.29 is 13.2 Å². The van der Waals surface area contributed by atoms with Gasteiger partial charge >= 0.3 is 6.18 Å². The molecule has 0 aromatic carbocycles. The third-order valence-electron chi connectivity index (χ3n) is 8.01. The molecule has 0 saturated carbocycles. The third kappa shape index (κ3) is 3.47. The van der Waals surface area contributed by atoms with E-state index in [4.69, 9.17) is 15.1 Å². The Morgan fingerprint density at radius 3 is 1.69 bits per heavy atom. The molecule has 1 aliphatic heterocycles. The van der Waals surface area contributed by atoms with Crippen LogP contribution >= 0.6 is 0 Å². The number of alkyl halides is 3. The van der Waals surface area contributed by atoms with Gasteiger partial charge in [-0.05, 0) is 45.0 Å². The second-order valence-corrected chi connectivity index (χ2v) is 11.0. The predicted molar refractivity (Wildman–Crippen MR) is 131 cm³/mol. The molecule has 188 valence electrons. The molecule has 4 aromatic heterocycles. The van der Waals surface area contributed by atoms with Crippen molar-refractivity contribution in [1.82, 2.24) is 29.5 Å². The molecule has 0 aliphatic carbocycles. The molecule has 5 heterocycles. The van der Waals surface area contributed by atoms with Crippen LogP contribution in [0.25, 0.3) is 11.6 Å². The van der Waals surface area contributed by atoms with E-state index in [1.165, 1.54) is 10.9 Å². The first-order chi connectivity index (χ1) is 16.6. The first-order valence-corrected chi connectivity index (χ1v) is 11.8. The summed E-state index contributed by atoms with van der Waals surface area (Å²) in [5.74, 6) is 0.954. The van der Waals surface area contributed by atoms with E-state index in [9.17, 15) is 13.2 Å². The van der Waals surface area contributed by atoms with Crippen LogP contribution in [0.5, 0.6) is 0 Å². The maximum absolute atomic E-state index is 14.3. The molecule has 0 saturated heterocycles. The second kappa shape index (κ2) is 7.51. The molecule has 8 bridgehead atoms. The van der Waals surface area contributed by atoms with Crippen LogP contribution in [-0.4, -0.2) is 29.5 Å². The van der Waals surface area contributed by atoms with E-state index in [1.807, 2.05) is 78.9 Å². The summed E-state index contributed by atoms with van der Waals surface area (Å²) in [6.07, 6.45) is -1.27. The third-order valence-corrected chi connectivity index (χ3v) is 8.01. The Morgan fingerprint density at radius 2 is 1.17 bits per heavy atom. The molecule has 6 nitrogen and oxygen atoms in total. The summed E-state index contributed by atoms with van der Waals surface area (Å²) in [5, 5.41) is 8.75. The van der Waals surface area contributed by atoms with Gasteiger partial charge in [0.15, 0.2) is 17.3 Å². The number of fused-ring (bicyclic) bond motifs is 10. The van der Waals surface area contributed by atoms with Gasteiger partial charge in [0.05, 0.1) is 17.1 Å². The molecule has 9 heteroatoms. The predicted octanol–water partition coefficient (Wildman–Crippen LogP) is 6.07. The normalized spacial score (nSPS) is 17.8. The van der Waals surface area contributed by atoms with E-state index in [2.05, 4.69) is 5.10 Å². The van der Waals surface area contributed by atoms with Gasteiger partial charge in [-0.2, -0.15) is 23.4 Å². The number of aryl methyl sites for hydroxylation is 1. The van der Waals surface area contributed by atoms with Crippen molar-refractivity contribution >= 4 is 0 Å². The lowest BCUT2D eigenvalue weighted by Crippen LogP contribution is -2.41. The summed E-state index contributed by atoms with van der Waals surface area (Å²) in [5.41, 5.74) is -0.126. The van der Waals surface area contributed by atoms with Gasteiger partial charge in [0.1, 0.15) is 0 Å². The van der Waals surface area contributed by atoms with E-state index >= 15 is 0 Å². The van der Waals surface area contributed by atoms with Crippen molar-refractivity contribution in [2.45, 2.75) is 70.9 Å². The molecular formula is C27H29F3N6. The maximum Gasteiger partial charge on any atom is 0.435 e. The lowest BCUT2D eigenvalue weighted by atomic mass is 9.61. The Balaban J connectivity index is 1.89. The smallest absolute Gasteiger partial charge is 0.233 e. The average molecular weight is 495 g/mol. The first-order valence-electron chi connectivity index (χ1n) is 11.8. The van der Waals surface area contributed by atoms with E-state index in [1.54, 1.807) is 16.8 Å². The van der Waals surface area contributed by atoms with Crippen LogP contribution in [0.1, 0.15) is 75.4 Å². The fourth-order valence-corrected chi connectivity index (χ4v) is 4.95. The zero-order valence-corrected chi connectivity index (χ0v) is 21.4. The topological polar surface area (TPSA) is 61.4 Å². The molecular weight excluding hydrogens is 465 g/mol. The molecule has 0 atom stereocenters. The van der Waals surface area contributed by atoms with Gasteiger partial charge < -0.3 is 0 Å². The highest BCUT2D eigenvalue weighted by Crippen LogP contribution is 2.48. The number of nitrogens with zero attached hydrogens (tertiary/aromatic N) is 6. The SMILES string of the molecule is Cc1nn2cc1C(C)(C)C(C)(C)c1cn(nc1C(F)(F)F)-c1cccc(n1)C(C)(C)c1cccc-2n1. The lowest BCUT2D eigenvalue weighted by Gasteiger charge is -2.42. The van der Waals surface area contributed by atoms with Crippen molar-refractivity contribution in [2.24, 2.45) is 0 Å². The number of hydrogen-bond donors (Lipinski definition) is 0. The standard InChI is InChI=1S/C27H29F3N6/c1-16-17-14-35(33-16)21-12-8-10-19(31-21)24(2,3)20-11-9-13-22(32-20)36-15-18(23(34-36)27(28,29)30)26(6,7)25(17,4)5/h8-15H,1-7H3. The molecule has 0 unspecified atom stereocenters. The van der Waals surface area contributed by atoms with Crippen molar-refractivity contribution in [3.8, 4) is 11.6 Å². The van der Waals surface area contributed by atoms with Gasteiger partial charge in [0.25, 0.3) is 0 Å². The fraction of sp³-hybridized carbons (Fsp3) is 0.407. The lowest BCUT2D eigenvalue weighted by molar-refractivity contribution is -0.142. The number of rotatable bonds is 0. The minimum absolute atomic E-state index is 0.104. The molecule has 0 spiro atoms. The molecule has 0 N–H and O–H groups in total. The monoisotopic (exact) mass is 494 g/mol. The summed E-state index contributed by atoms with van der Waals surface area (Å²) in [4.78, 5) is 9.65. The van der Waals surface area contributed by atoms with Gasteiger partial charge in [0, 0.05) is 39.8 Å². The number of halogens is 3. The highest BCUT2D eigenvalue weighted by Gasteiger charge is 2.49. The van der Waals surface area contributed by atoms with Crippen molar-refractivity contribution in [2.75, 3.05) is 0 Å². The van der Waals surface area contributed by atoms with Crippen LogP contribution in [0.2, 0.25) is 0 Å². The van der Waals surface area contributed by atoms with Gasteiger partial charge in [0.2, 0.25) is 0 Å². The Morgan fingerprint density at radius 1 is 0.694 bits per heavy atom. The average Bonchev–Trinajstić information content (AvgIpc) is 3.44. The molecule has 0 amide bonds. The quantitative estimate of drug-likeness (QED) is 0.298. The zero-order chi connectivity index (χ0) is 26.3. The molecule has 1 aliphatic rings. The van der Waals surface area contributed by atoms with Crippen LogP contribution in [0, 0.1) is 6.92 Å². The van der Waals surface area contributed by atoms with E-state index in [-0.39, 0.29) is 5.56 Å². The van der Waals surface area contributed by atoms with E-state index in [0.717, 1.165) is 17.0 Å².